The molecule has 46 heavy (non-hydrogen) atoms. The van der Waals surface area contributed by atoms with Crippen LogP contribution in [0, 0.1) is 0 Å². The number of aliphatic hydroxyl groups is 1. The van der Waals surface area contributed by atoms with Crippen LogP contribution in [0.25, 0.3) is 11.1 Å². The lowest BCUT2D eigenvalue weighted by atomic mass is 9.97. The van der Waals surface area contributed by atoms with Gasteiger partial charge in [0.2, 0.25) is 11.8 Å². The molecule has 2 aliphatic heterocycles. The van der Waals surface area contributed by atoms with E-state index in [0.717, 1.165) is 59.4 Å². The topological polar surface area (TPSA) is 120 Å². The lowest BCUT2D eigenvalue weighted by Gasteiger charge is -2.39. The minimum absolute atomic E-state index is 0.0163. The lowest BCUT2D eigenvalue weighted by molar-refractivity contribution is -0.253. The van der Waals surface area contributed by atoms with Crippen molar-refractivity contribution in [1.82, 2.24) is 15.7 Å². The molecule has 5 rings (SSSR count). The molecule has 4 N–H and O–H groups in total. The van der Waals surface area contributed by atoms with E-state index in [4.69, 9.17) is 14.7 Å². The van der Waals surface area contributed by atoms with Gasteiger partial charge in [0.1, 0.15) is 0 Å². The molecular weight excluding hydrogens is 582 g/mol. The molecular formula is C37H47N3O6. The van der Waals surface area contributed by atoms with Crippen molar-refractivity contribution < 1.29 is 29.4 Å². The van der Waals surface area contributed by atoms with E-state index < -0.39 is 12.2 Å². The second-order valence-corrected chi connectivity index (χ2v) is 12.4. The maximum absolute atomic E-state index is 12.4. The van der Waals surface area contributed by atoms with Crippen LogP contribution >= 0.6 is 0 Å². The molecule has 2 fully saturated rings. The zero-order chi connectivity index (χ0) is 32.1. The summed E-state index contributed by atoms with van der Waals surface area (Å²) in [6, 6.07) is 24.3. The van der Waals surface area contributed by atoms with Gasteiger partial charge in [-0.2, -0.15) is 0 Å². The van der Waals surface area contributed by atoms with Gasteiger partial charge in [0.05, 0.1) is 18.8 Å². The average molecular weight is 630 g/mol. The molecule has 0 radical (unpaired) electrons. The number of aliphatic hydroxyl groups excluding tert-OH is 1. The third kappa shape index (κ3) is 9.70. The molecule has 0 aromatic heterocycles. The molecule has 3 aromatic carbocycles. The van der Waals surface area contributed by atoms with Crippen molar-refractivity contribution in [2.45, 2.75) is 89.4 Å². The smallest absolute Gasteiger partial charge is 0.243 e. The van der Waals surface area contributed by atoms with E-state index in [1.165, 1.54) is 32.1 Å². The highest BCUT2D eigenvalue weighted by atomic mass is 16.7. The zero-order valence-electron chi connectivity index (χ0n) is 26.5. The van der Waals surface area contributed by atoms with Gasteiger partial charge in [0.25, 0.3) is 0 Å². The average Bonchev–Trinajstić information content (AvgIpc) is 3.08. The van der Waals surface area contributed by atoms with Crippen molar-refractivity contribution >= 4 is 11.8 Å². The highest BCUT2D eigenvalue weighted by molar-refractivity contribution is 5.78. The fourth-order valence-electron chi connectivity index (χ4n) is 6.34. The van der Waals surface area contributed by atoms with Crippen LogP contribution < -0.4 is 10.8 Å². The number of hydrogen-bond acceptors (Lipinski definition) is 7. The minimum atomic E-state index is -0.507. The third-order valence-electron chi connectivity index (χ3n) is 8.95. The largest absolute Gasteiger partial charge is 0.392 e. The van der Waals surface area contributed by atoms with E-state index in [-0.39, 0.29) is 37.6 Å². The number of hydroxylamine groups is 1. The number of amides is 2. The van der Waals surface area contributed by atoms with Gasteiger partial charge < -0.3 is 24.8 Å². The summed E-state index contributed by atoms with van der Waals surface area (Å²) in [5.74, 6) is -0.644. The summed E-state index contributed by atoms with van der Waals surface area (Å²) in [4.78, 5) is 26.1. The Morgan fingerprint density at radius 1 is 0.804 bits per heavy atom. The second-order valence-electron chi connectivity index (χ2n) is 12.4. The minimum Gasteiger partial charge on any atom is -0.392 e. The molecule has 2 heterocycles. The molecule has 0 saturated carbocycles. The Morgan fingerprint density at radius 2 is 1.48 bits per heavy atom. The van der Waals surface area contributed by atoms with Gasteiger partial charge in [-0.3, -0.25) is 14.8 Å². The molecule has 9 heteroatoms. The highest BCUT2D eigenvalue weighted by Crippen LogP contribution is 2.39. The van der Waals surface area contributed by atoms with Crippen LogP contribution in [0.5, 0.6) is 0 Å². The van der Waals surface area contributed by atoms with Crippen LogP contribution in [-0.4, -0.2) is 52.8 Å². The predicted molar refractivity (Wildman–Crippen MR) is 175 cm³/mol. The lowest BCUT2D eigenvalue weighted by Crippen LogP contribution is -2.40. The highest BCUT2D eigenvalue weighted by Gasteiger charge is 2.33. The Bertz CT molecular complexity index is 1390. The summed E-state index contributed by atoms with van der Waals surface area (Å²) in [5, 5.41) is 21.1. The van der Waals surface area contributed by atoms with Crippen molar-refractivity contribution in [3.8, 4) is 11.1 Å². The van der Waals surface area contributed by atoms with Gasteiger partial charge in [0, 0.05) is 37.9 Å². The maximum Gasteiger partial charge on any atom is 0.243 e. The molecule has 2 saturated heterocycles. The Morgan fingerprint density at radius 3 is 2.20 bits per heavy atom. The van der Waals surface area contributed by atoms with E-state index in [0.29, 0.717) is 13.0 Å². The number of rotatable bonds is 12. The van der Waals surface area contributed by atoms with Crippen molar-refractivity contribution in [2.24, 2.45) is 0 Å². The number of hydrogen-bond donors (Lipinski definition) is 4. The van der Waals surface area contributed by atoms with Crippen LogP contribution in [0.1, 0.15) is 92.4 Å². The normalized spacial score (nSPS) is 20.8. The fraction of sp³-hybridized carbons (Fsp3) is 0.459. The Hall–Kier alpha value is -3.60. The van der Waals surface area contributed by atoms with Crippen molar-refractivity contribution in [3.63, 3.8) is 0 Å². The first-order valence-electron chi connectivity index (χ1n) is 16.6. The number of carbonyl (C=O) groups is 2. The fourth-order valence-corrected chi connectivity index (χ4v) is 6.34. The summed E-state index contributed by atoms with van der Waals surface area (Å²) < 4.78 is 13.2. The molecule has 0 aliphatic carbocycles. The molecule has 9 nitrogen and oxygen atoms in total. The van der Waals surface area contributed by atoms with Gasteiger partial charge in [0.15, 0.2) is 6.29 Å². The molecule has 3 atom stereocenters. The number of benzene rings is 3. The Labute approximate surface area is 271 Å². The number of nitrogens with zero attached hydrogens (tertiary/aromatic N) is 1. The van der Waals surface area contributed by atoms with Crippen molar-refractivity contribution in [2.75, 3.05) is 19.6 Å². The molecule has 246 valence electrons. The van der Waals surface area contributed by atoms with Crippen LogP contribution in [0.15, 0.2) is 72.8 Å². The van der Waals surface area contributed by atoms with Crippen molar-refractivity contribution in [1.29, 1.82) is 0 Å². The summed E-state index contributed by atoms with van der Waals surface area (Å²) in [7, 11) is 0. The molecule has 3 aromatic rings. The summed E-state index contributed by atoms with van der Waals surface area (Å²) >= 11 is 0. The Kier molecular flexibility index (Phi) is 12.7. The van der Waals surface area contributed by atoms with E-state index in [1.807, 2.05) is 36.4 Å². The maximum atomic E-state index is 12.4. The second kappa shape index (κ2) is 17.4. The molecule has 2 aliphatic rings. The number of carbonyl (C=O) groups excluding carboxylic acids is 2. The van der Waals surface area contributed by atoms with E-state index >= 15 is 0 Å². The number of likely N-dealkylation sites (tertiary alicyclic amines) is 1. The first kappa shape index (κ1) is 33.8. The van der Waals surface area contributed by atoms with Crippen LogP contribution in [0.2, 0.25) is 0 Å². The van der Waals surface area contributed by atoms with Gasteiger partial charge in [-0.15, -0.1) is 0 Å². The van der Waals surface area contributed by atoms with E-state index in [9.17, 15) is 14.7 Å². The first-order chi connectivity index (χ1) is 22.5. The van der Waals surface area contributed by atoms with E-state index in [2.05, 4.69) is 46.6 Å². The van der Waals surface area contributed by atoms with Gasteiger partial charge >= 0.3 is 0 Å². The summed E-state index contributed by atoms with van der Waals surface area (Å²) in [6.45, 7) is 3.49. The molecule has 0 spiro atoms. The van der Waals surface area contributed by atoms with Crippen LogP contribution in [-0.2, 0) is 32.2 Å². The molecule has 0 bridgehead atoms. The molecule has 0 unspecified atom stereocenters. The number of ether oxygens (including phenoxy) is 2. The quantitative estimate of drug-likeness (QED) is 0.144. The monoisotopic (exact) mass is 629 g/mol. The Balaban J connectivity index is 1.28. The van der Waals surface area contributed by atoms with Gasteiger partial charge in [-0.05, 0) is 60.2 Å². The standard InChI is InChI=1S/C37H47N3O6/c41-26-27-13-15-29(16-14-27)34-23-32(25-40-21-6-2-1-3-7-22-40)45-37(46-34)30-19-17-28(18-20-30)33-10-5-4-9-31(33)24-38-35(42)11-8-12-36(43)39-44/h4-5,9-10,13-20,32,34,37,41,44H,1-3,6-8,11-12,21-26H2,(H,38,42)(H,39,43)/t32-,34+,37+/m1/s1. The zero-order valence-corrected chi connectivity index (χ0v) is 26.5. The van der Waals surface area contributed by atoms with Crippen molar-refractivity contribution in [3.05, 3.63) is 95.1 Å². The SMILES string of the molecule is O=C(CCCC(=O)NCc1ccccc1-c1ccc([C@H]2O[C@@H](CN3CCCCCCC3)C[C@@H](c3ccc(CO)cc3)O2)cc1)NO. The van der Waals surface area contributed by atoms with E-state index in [1.54, 1.807) is 5.48 Å². The third-order valence-corrected chi connectivity index (χ3v) is 8.95. The van der Waals surface area contributed by atoms with Crippen LogP contribution in [0.3, 0.4) is 0 Å². The van der Waals surface area contributed by atoms with Crippen LogP contribution in [0.4, 0.5) is 0 Å². The van der Waals surface area contributed by atoms with Gasteiger partial charge in [-0.25, -0.2) is 5.48 Å². The summed E-state index contributed by atoms with van der Waals surface area (Å²) in [6.07, 6.45) is 7.22. The summed E-state index contributed by atoms with van der Waals surface area (Å²) in [5.41, 5.74) is 7.55. The predicted octanol–water partition coefficient (Wildman–Crippen LogP) is 5.95. The molecule has 2 amide bonds. The van der Waals surface area contributed by atoms with Gasteiger partial charge in [-0.1, -0.05) is 92.1 Å². The first-order valence-corrected chi connectivity index (χ1v) is 16.6. The number of nitrogens with one attached hydrogen (secondary N) is 2.